The molecular weight excluding hydrogens is 528 g/mol. The summed E-state index contributed by atoms with van der Waals surface area (Å²) in [4.78, 5) is 10.2. The van der Waals surface area contributed by atoms with Crippen LogP contribution in [0.2, 0.25) is 5.02 Å². The van der Waals surface area contributed by atoms with E-state index in [0.717, 1.165) is 58.7 Å². The molecule has 0 spiro atoms. The Kier molecular flexibility index (Phi) is 7.74. The van der Waals surface area contributed by atoms with Gasteiger partial charge in [-0.15, -0.1) is 11.8 Å². The highest BCUT2D eigenvalue weighted by molar-refractivity contribution is 7.99. The normalized spacial score (nSPS) is 14.3. The number of fused-ring (bicyclic) bond motifs is 6. The molecule has 0 unspecified atom stereocenters. The molecule has 1 fully saturated rings. The van der Waals surface area contributed by atoms with Crippen LogP contribution in [0.25, 0.3) is 0 Å². The van der Waals surface area contributed by atoms with Crippen molar-refractivity contribution < 1.29 is 4.74 Å². The van der Waals surface area contributed by atoms with E-state index >= 15 is 0 Å². The fourth-order valence-corrected chi connectivity index (χ4v) is 5.31. The van der Waals surface area contributed by atoms with E-state index in [-0.39, 0.29) is 0 Å². The number of nitrogens with one attached hydrogen (secondary N) is 4. The predicted molar refractivity (Wildman–Crippen MR) is 160 cm³/mol. The van der Waals surface area contributed by atoms with Crippen molar-refractivity contribution in [3.63, 3.8) is 0 Å². The van der Waals surface area contributed by atoms with Crippen LogP contribution in [0.5, 0.6) is 5.75 Å². The van der Waals surface area contributed by atoms with Crippen molar-refractivity contribution in [2.45, 2.75) is 30.7 Å². The quantitative estimate of drug-likeness (QED) is 0.199. The maximum Gasteiger partial charge on any atom is 0.229 e. The van der Waals surface area contributed by atoms with E-state index in [0.29, 0.717) is 23.4 Å². The molecule has 6 bridgehead atoms. The Hall–Kier alpha value is -3.88. The van der Waals surface area contributed by atoms with Gasteiger partial charge in [0.1, 0.15) is 16.6 Å². The van der Waals surface area contributed by atoms with E-state index in [1.807, 2.05) is 36.4 Å². The molecular formula is C30H29ClN6OS. The van der Waals surface area contributed by atoms with E-state index in [9.17, 15) is 0 Å². The Bertz CT molecular complexity index is 1490. The number of aromatic nitrogens is 2. The summed E-state index contributed by atoms with van der Waals surface area (Å²) in [5.74, 6) is 3.61. The standard InChI is InChI=1S/C30H29ClN6OS/c31-27-19-33-30-36-24-14-23(35-28(21-8-4-9-21)32-18-20-6-2-1-3-7-20)15-25(16-24)38-12-13-39-26-11-5-10-22(17-26)34-29(27)37-30/h1-3,5-7,10-11,14-17,19,32,35H,4,8-9,12-13,18H2,(H2,33,34,36,37). The van der Waals surface area contributed by atoms with Crippen molar-refractivity contribution in [3.8, 4) is 5.75 Å². The molecule has 0 saturated heterocycles. The second-order valence-electron chi connectivity index (χ2n) is 9.41. The summed E-state index contributed by atoms with van der Waals surface area (Å²) in [5, 5.41) is 14.4. The highest BCUT2D eigenvalue weighted by Crippen LogP contribution is 2.33. The predicted octanol–water partition coefficient (Wildman–Crippen LogP) is 7.70. The van der Waals surface area contributed by atoms with Gasteiger partial charge in [0.2, 0.25) is 5.95 Å². The second-order valence-corrected chi connectivity index (χ2v) is 11.0. The lowest BCUT2D eigenvalue weighted by atomic mass is 9.92. The molecule has 4 N–H and O–H groups in total. The Labute approximate surface area is 237 Å². The lowest BCUT2D eigenvalue weighted by Crippen LogP contribution is -2.23. The van der Waals surface area contributed by atoms with Gasteiger partial charge in [-0.2, -0.15) is 4.98 Å². The van der Waals surface area contributed by atoms with Gasteiger partial charge in [0.15, 0.2) is 5.82 Å². The molecule has 1 aromatic heterocycles. The van der Waals surface area contributed by atoms with Crippen LogP contribution in [0, 0.1) is 0 Å². The zero-order chi connectivity index (χ0) is 26.4. The van der Waals surface area contributed by atoms with E-state index in [4.69, 9.17) is 16.3 Å². The first kappa shape index (κ1) is 25.4. The fourth-order valence-electron chi connectivity index (χ4n) is 4.38. The Morgan fingerprint density at radius 3 is 2.72 bits per heavy atom. The summed E-state index contributed by atoms with van der Waals surface area (Å²) >= 11 is 8.17. The number of nitrogens with zero attached hydrogens (tertiary/aromatic N) is 2. The molecule has 1 saturated carbocycles. The Morgan fingerprint density at radius 2 is 1.87 bits per heavy atom. The minimum atomic E-state index is 0.435. The van der Waals surface area contributed by atoms with E-state index in [1.54, 1.807) is 18.0 Å². The molecule has 6 rings (SSSR count). The van der Waals surface area contributed by atoms with Gasteiger partial charge in [-0.3, -0.25) is 0 Å². The molecule has 3 aromatic carbocycles. The summed E-state index contributed by atoms with van der Waals surface area (Å²) in [7, 11) is 0. The number of allylic oxidation sites excluding steroid dienone is 1. The topological polar surface area (TPSA) is 83.1 Å². The molecule has 4 aromatic rings. The molecule has 7 nitrogen and oxygen atoms in total. The van der Waals surface area contributed by atoms with Crippen molar-refractivity contribution in [3.05, 3.63) is 101 Å². The first-order valence-electron chi connectivity index (χ1n) is 13.0. The van der Waals surface area contributed by atoms with E-state index < -0.39 is 0 Å². The first-order valence-corrected chi connectivity index (χ1v) is 14.4. The molecule has 0 amide bonds. The first-order chi connectivity index (χ1) is 19.2. The van der Waals surface area contributed by atoms with Gasteiger partial charge in [-0.1, -0.05) is 48.0 Å². The van der Waals surface area contributed by atoms with Gasteiger partial charge in [0.05, 0.1) is 12.8 Å². The van der Waals surface area contributed by atoms with Gasteiger partial charge in [0, 0.05) is 46.4 Å². The lowest BCUT2D eigenvalue weighted by molar-refractivity contribution is 0.344. The Balaban J connectivity index is 1.29. The average molecular weight is 557 g/mol. The molecule has 0 radical (unpaired) electrons. The van der Waals surface area contributed by atoms with Crippen LogP contribution >= 0.6 is 23.4 Å². The molecule has 39 heavy (non-hydrogen) atoms. The summed E-state index contributed by atoms with van der Waals surface area (Å²) in [6.45, 7) is 1.32. The highest BCUT2D eigenvalue weighted by Gasteiger charge is 2.16. The van der Waals surface area contributed by atoms with Crippen LogP contribution in [0.15, 0.2) is 95.3 Å². The fraction of sp³-hybridized carbons (Fsp3) is 0.200. The minimum absolute atomic E-state index is 0.435. The number of ether oxygens (including phenoxy) is 1. The van der Waals surface area contributed by atoms with Crippen LogP contribution in [-0.2, 0) is 6.54 Å². The Morgan fingerprint density at radius 1 is 0.974 bits per heavy atom. The second kappa shape index (κ2) is 11.9. The zero-order valence-electron chi connectivity index (χ0n) is 21.3. The third-order valence-electron chi connectivity index (χ3n) is 6.52. The third kappa shape index (κ3) is 6.58. The monoisotopic (exact) mass is 556 g/mol. The maximum absolute atomic E-state index is 6.43. The summed E-state index contributed by atoms with van der Waals surface area (Å²) in [5.41, 5.74) is 5.28. The van der Waals surface area contributed by atoms with Crippen LogP contribution in [-0.4, -0.2) is 22.3 Å². The number of hydrogen-bond donors (Lipinski definition) is 4. The molecule has 0 atom stereocenters. The van der Waals surface area contributed by atoms with E-state index in [2.05, 4.69) is 67.6 Å². The molecule has 2 aliphatic rings. The number of benzene rings is 3. The number of halogens is 1. The largest absolute Gasteiger partial charge is 0.493 e. The van der Waals surface area contributed by atoms with Crippen molar-refractivity contribution in [1.82, 2.24) is 15.3 Å². The number of thioether (sulfide) groups is 1. The van der Waals surface area contributed by atoms with Crippen LogP contribution in [0.1, 0.15) is 24.8 Å². The van der Waals surface area contributed by atoms with Crippen molar-refractivity contribution in [2.75, 3.05) is 28.3 Å². The highest BCUT2D eigenvalue weighted by atomic mass is 35.5. The maximum atomic E-state index is 6.43. The van der Waals surface area contributed by atoms with Crippen molar-refractivity contribution >= 4 is 52.2 Å². The van der Waals surface area contributed by atoms with Crippen LogP contribution in [0.3, 0.4) is 0 Å². The molecule has 1 aliphatic carbocycles. The molecule has 198 valence electrons. The van der Waals surface area contributed by atoms with Gasteiger partial charge in [-0.25, -0.2) is 4.98 Å². The smallest absolute Gasteiger partial charge is 0.229 e. The average Bonchev–Trinajstić information content (AvgIpc) is 2.91. The van der Waals surface area contributed by atoms with Crippen molar-refractivity contribution in [1.29, 1.82) is 0 Å². The molecule has 1 aliphatic heterocycles. The number of anilines is 5. The van der Waals surface area contributed by atoms with Gasteiger partial charge in [-0.05, 0) is 54.7 Å². The SMILES string of the molecule is Clc1cnc2nc1Nc1cccc(c1)SCCOc1cc(NC(NCc3ccccc3)=C3CCC3)cc(c1)N2. The van der Waals surface area contributed by atoms with Crippen molar-refractivity contribution in [2.24, 2.45) is 0 Å². The van der Waals surface area contributed by atoms with Crippen LogP contribution in [0.4, 0.5) is 28.8 Å². The van der Waals surface area contributed by atoms with E-state index in [1.165, 1.54) is 17.6 Å². The van der Waals surface area contributed by atoms with Crippen LogP contribution < -0.4 is 26.0 Å². The lowest BCUT2D eigenvalue weighted by Gasteiger charge is -2.25. The van der Waals surface area contributed by atoms with Gasteiger partial charge in [0.25, 0.3) is 0 Å². The number of hydrogen-bond acceptors (Lipinski definition) is 8. The van der Waals surface area contributed by atoms with Gasteiger partial charge < -0.3 is 26.0 Å². The summed E-state index contributed by atoms with van der Waals surface area (Å²) < 4.78 is 6.21. The zero-order valence-corrected chi connectivity index (χ0v) is 22.9. The molecule has 2 heterocycles. The van der Waals surface area contributed by atoms with Gasteiger partial charge >= 0.3 is 0 Å². The summed E-state index contributed by atoms with van der Waals surface area (Å²) in [6.07, 6.45) is 5.01. The third-order valence-corrected chi connectivity index (χ3v) is 7.75. The minimum Gasteiger partial charge on any atom is -0.493 e. The number of rotatable bonds is 5. The molecule has 9 heteroatoms. The summed E-state index contributed by atoms with van der Waals surface area (Å²) in [6, 6.07) is 24.6.